The second-order valence-corrected chi connectivity index (χ2v) is 4.49. The zero-order valence-electron chi connectivity index (χ0n) is 10.5. The van der Waals surface area contributed by atoms with Gasteiger partial charge in [0.1, 0.15) is 6.26 Å². The molecule has 0 atom stereocenters. The van der Waals surface area contributed by atoms with Crippen LogP contribution in [0.2, 0.25) is 0 Å². The molecule has 3 rings (SSSR count). The lowest BCUT2D eigenvalue weighted by atomic mass is 10.1. The molecule has 0 saturated carbocycles. The Morgan fingerprint density at radius 1 is 0.789 bits per heavy atom. The standard InChI is InChI=1S/C16H14N2O/c1-2-4-13(5-3-1)10-15-7-6-14(12-17-15)11-16-8-9-19-18-16/h1-9,12H,10-11H2. The topological polar surface area (TPSA) is 38.9 Å². The van der Waals surface area contributed by atoms with Crippen LogP contribution in [0.5, 0.6) is 0 Å². The van der Waals surface area contributed by atoms with Gasteiger partial charge in [-0.1, -0.05) is 41.6 Å². The van der Waals surface area contributed by atoms with E-state index in [9.17, 15) is 0 Å². The molecule has 1 aromatic carbocycles. The average molecular weight is 250 g/mol. The van der Waals surface area contributed by atoms with Crippen LogP contribution in [0.1, 0.15) is 22.5 Å². The van der Waals surface area contributed by atoms with Crippen molar-refractivity contribution < 1.29 is 4.52 Å². The van der Waals surface area contributed by atoms with Gasteiger partial charge in [0.05, 0.1) is 5.69 Å². The van der Waals surface area contributed by atoms with E-state index in [4.69, 9.17) is 4.52 Å². The van der Waals surface area contributed by atoms with Crippen LogP contribution >= 0.6 is 0 Å². The van der Waals surface area contributed by atoms with Crippen LogP contribution in [-0.2, 0) is 12.8 Å². The van der Waals surface area contributed by atoms with Crippen molar-refractivity contribution in [3.05, 3.63) is 83.5 Å². The van der Waals surface area contributed by atoms with E-state index in [0.717, 1.165) is 29.8 Å². The van der Waals surface area contributed by atoms with Crippen LogP contribution in [0.25, 0.3) is 0 Å². The molecule has 3 heteroatoms. The van der Waals surface area contributed by atoms with Crippen LogP contribution in [-0.4, -0.2) is 10.1 Å². The monoisotopic (exact) mass is 250 g/mol. The first kappa shape index (κ1) is 11.7. The summed E-state index contributed by atoms with van der Waals surface area (Å²) < 4.78 is 4.82. The molecule has 3 nitrogen and oxygen atoms in total. The van der Waals surface area contributed by atoms with E-state index in [1.54, 1.807) is 6.26 Å². The highest BCUT2D eigenvalue weighted by Gasteiger charge is 2.01. The first-order chi connectivity index (χ1) is 9.40. The second kappa shape index (κ2) is 5.48. The van der Waals surface area contributed by atoms with E-state index in [1.807, 2.05) is 30.5 Å². The van der Waals surface area contributed by atoms with Crippen LogP contribution in [0.15, 0.2) is 65.5 Å². The van der Waals surface area contributed by atoms with Gasteiger partial charge in [-0.3, -0.25) is 4.98 Å². The number of aromatic nitrogens is 2. The van der Waals surface area contributed by atoms with Crippen molar-refractivity contribution >= 4 is 0 Å². The highest BCUT2D eigenvalue weighted by molar-refractivity contribution is 5.24. The Labute approximate surface area is 111 Å². The summed E-state index contributed by atoms with van der Waals surface area (Å²) in [7, 11) is 0. The summed E-state index contributed by atoms with van der Waals surface area (Å²) >= 11 is 0. The third kappa shape index (κ3) is 3.07. The van der Waals surface area contributed by atoms with Crippen molar-refractivity contribution in [2.45, 2.75) is 12.8 Å². The third-order valence-corrected chi connectivity index (χ3v) is 2.99. The van der Waals surface area contributed by atoms with E-state index >= 15 is 0 Å². The molecular weight excluding hydrogens is 236 g/mol. The Kier molecular flexibility index (Phi) is 3.36. The number of hydrogen-bond donors (Lipinski definition) is 0. The van der Waals surface area contributed by atoms with Gasteiger partial charge < -0.3 is 4.52 Å². The molecular formula is C16H14N2O. The Morgan fingerprint density at radius 3 is 2.32 bits per heavy atom. The van der Waals surface area contributed by atoms with Gasteiger partial charge in [-0.25, -0.2) is 0 Å². The molecule has 0 amide bonds. The zero-order chi connectivity index (χ0) is 12.9. The highest BCUT2D eigenvalue weighted by Crippen LogP contribution is 2.10. The lowest BCUT2D eigenvalue weighted by Gasteiger charge is -2.02. The summed E-state index contributed by atoms with van der Waals surface area (Å²) in [5.41, 5.74) is 4.43. The molecule has 0 aliphatic rings. The largest absolute Gasteiger partial charge is 0.365 e. The minimum Gasteiger partial charge on any atom is -0.365 e. The van der Waals surface area contributed by atoms with Crippen LogP contribution < -0.4 is 0 Å². The molecule has 0 fully saturated rings. The minimum absolute atomic E-state index is 0.759. The maximum atomic E-state index is 4.82. The molecule has 0 aliphatic heterocycles. The number of pyridine rings is 1. The van der Waals surface area contributed by atoms with E-state index in [2.05, 4.69) is 34.4 Å². The van der Waals surface area contributed by atoms with Crippen molar-refractivity contribution in [2.75, 3.05) is 0 Å². The number of rotatable bonds is 4. The molecule has 3 aromatic rings. The predicted octanol–water partition coefficient (Wildman–Crippen LogP) is 3.25. The van der Waals surface area contributed by atoms with Gasteiger partial charge in [0.2, 0.25) is 0 Å². The second-order valence-electron chi connectivity index (χ2n) is 4.49. The van der Waals surface area contributed by atoms with E-state index < -0.39 is 0 Å². The first-order valence-corrected chi connectivity index (χ1v) is 6.27. The Bertz CT molecular complexity index is 616. The third-order valence-electron chi connectivity index (χ3n) is 2.99. The Morgan fingerprint density at radius 2 is 1.63 bits per heavy atom. The van der Waals surface area contributed by atoms with Crippen molar-refractivity contribution in [2.24, 2.45) is 0 Å². The lowest BCUT2D eigenvalue weighted by Crippen LogP contribution is -1.94. The molecule has 94 valence electrons. The van der Waals surface area contributed by atoms with Gasteiger partial charge in [0.25, 0.3) is 0 Å². The summed E-state index contributed by atoms with van der Waals surface area (Å²) in [4.78, 5) is 4.50. The van der Waals surface area contributed by atoms with Crippen LogP contribution in [0.4, 0.5) is 0 Å². The van der Waals surface area contributed by atoms with Crippen LogP contribution in [0, 0.1) is 0 Å². The first-order valence-electron chi connectivity index (χ1n) is 6.27. The van der Waals surface area contributed by atoms with Gasteiger partial charge in [0.15, 0.2) is 0 Å². The average Bonchev–Trinajstić information content (AvgIpc) is 2.95. The molecule has 0 saturated heterocycles. The molecule has 0 unspecified atom stereocenters. The molecule has 19 heavy (non-hydrogen) atoms. The smallest absolute Gasteiger partial charge is 0.124 e. The lowest BCUT2D eigenvalue weighted by molar-refractivity contribution is 0.413. The van der Waals surface area contributed by atoms with Crippen molar-refractivity contribution in [3.8, 4) is 0 Å². The summed E-state index contributed by atoms with van der Waals surface area (Å²) in [6.07, 6.45) is 5.12. The van der Waals surface area contributed by atoms with E-state index in [-0.39, 0.29) is 0 Å². The van der Waals surface area contributed by atoms with Crippen molar-refractivity contribution in [1.29, 1.82) is 0 Å². The molecule has 0 aliphatic carbocycles. The van der Waals surface area contributed by atoms with Gasteiger partial charge in [-0.15, -0.1) is 0 Å². The quantitative estimate of drug-likeness (QED) is 0.713. The maximum absolute atomic E-state index is 4.82. The fourth-order valence-electron chi connectivity index (χ4n) is 2.01. The molecule has 0 N–H and O–H groups in total. The van der Waals surface area contributed by atoms with Gasteiger partial charge >= 0.3 is 0 Å². The number of nitrogens with zero attached hydrogens (tertiary/aromatic N) is 2. The summed E-state index contributed by atoms with van der Waals surface area (Å²) in [5, 5.41) is 3.90. The molecule has 2 heterocycles. The fraction of sp³-hybridized carbons (Fsp3) is 0.125. The van der Waals surface area contributed by atoms with Gasteiger partial charge in [-0.05, 0) is 17.2 Å². The van der Waals surface area contributed by atoms with Crippen molar-refractivity contribution in [3.63, 3.8) is 0 Å². The zero-order valence-corrected chi connectivity index (χ0v) is 10.5. The minimum atomic E-state index is 0.759. The molecule has 2 aromatic heterocycles. The normalized spacial score (nSPS) is 10.5. The fourth-order valence-corrected chi connectivity index (χ4v) is 2.01. The van der Waals surface area contributed by atoms with Crippen LogP contribution in [0.3, 0.4) is 0 Å². The van der Waals surface area contributed by atoms with E-state index in [1.165, 1.54) is 5.56 Å². The maximum Gasteiger partial charge on any atom is 0.124 e. The summed E-state index contributed by atoms with van der Waals surface area (Å²) in [6, 6.07) is 16.4. The van der Waals surface area contributed by atoms with Gasteiger partial charge in [0, 0.05) is 30.8 Å². The predicted molar refractivity (Wildman–Crippen MR) is 72.8 cm³/mol. The summed E-state index contributed by atoms with van der Waals surface area (Å²) in [5.74, 6) is 0. The van der Waals surface area contributed by atoms with Gasteiger partial charge in [-0.2, -0.15) is 0 Å². The summed E-state index contributed by atoms with van der Waals surface area (Å²) in [6.45, 7) is 0. The SMILES string of the molecule is c1ccc(Cc2ccc(Cc3ccon3)cn2)cc1. The van der Waals surface area contributed by atoms with E-state index in [0.29, 0.717) is 0 Å². The molecule has 0 radical (unpaired) electrons. The Balaban J connectivity index is 1.69. The number of benzene rings is 1. The molecule has 0 spiro atoms. The molecule has 0 bridgehead atoms. The van der Waals surface area contributed by atoms with Crippen molar-refractivity contribution in [1.82, 2.24) is 10.1 Å². The highest BCUT2D eigenvalue weighted by atomic mass is 16.5. The Hall–Kier alpha value is -2.42. The number of hydrogen-bond acceptors (Lipinski definition) is 3.